The van der Waals surface area contributed by atoms with E-state index in [9.17, 15) is 8.78 Å². The molecule has 0 bridgehead atoms. The number of alkyl halides is 2. The van der Waals surface area contributed by atoms with Gasteiger partial charge in [-0.15, -0.1) is 0 Å². The first kappa shape index (κ1) is 111. The molecule has 2 aliphatic heterocycles. The number of aryl methyl sites for hydroxylation is 24. The first-order valence-corrected chi connectivity index (χ1v) is 47.7. The Balaban J connectivity index is 0.000000153. The van der Waals surface area contributed by atoms with Gasteiger partial charge in [-0.05, 0) is 271 Å². The minimum absolute atomic E-state index is 0.128. The number of hydrogen-bond acceptors (Lipinski definition) is 29. The zero-order valence-electron chi connectivity index (χ0n) is 90.6. The second-order valence-electron chi connectivity index (χ2n) is 36.7. The number of nitrogens with zero attached hydrogens (tertiary/aromatic N) is 25. The normalized spacial score (nSPS) is 11.7. The summed E-state index contributed by atoms with van der Waals surface area (Å²) in [5.41, 5.74) is 58.3. The Hall–Kier alpha value is -16.4. The zero-order chi connectivity index (χ0) is 108. The van der Waals surface area contributed by atoms with E-state index in [1.807, 2.05) is 201 Å². The molecular formula is C109H139F2N29O7. The number of ether oxygens (including phenoxy) is 7. The van der Waals surface area contributed by atoms with Gasteiger partial charge in [0.05, 0.1) is 98.7 Å². The molecule has 5 aromatic carbocycles. The zero-order valence-corrected chi connectivity index (χ0v) is 90.6. The highest BCUT2D eigenvalue weighted by molar-refractivity contribution is 5.90. The van der Waals surface area contributed by atoms with E-state index in [0.717, 1.165) is 153 Å². The molecule has 16 heterocycles. The van der Waals surface area contributed by atoms with Gasteiger partial charge < -0.3 is 88.7 Å². The van der Waals surface area contributed by atoms with Crippen LogP contribution < -0.4 is 65.9 Å². The number of hydrogen-bond donors (Lipinski definition) is 4. The molecule has 1 saturated carbocycles. The molecule has 8 N–H and O–H groups in total. The summed E-state index contributed by atoms with van der Waals surface area (Å²) in [6.45, 7) is 39.8. The number of rotatable bonds is 8. The molecule has 776 valence electrons. The number of nitrogen functional groups attached to an aromatic ring is 4. The Kier molecular flexibility index (Phi) is 37.1. The third-order valence-corrected chi connectivity index (χ3v) is 25.5. The highest BCUT2D eigenvalue weighted by atomic mass is 19.3. The fourth-order valence-electron chi connectivity index (χ4n) is 16.1. The summed E-state index contributed by atoms with van der Waals surface area (Å²) in [4.78, 5) is 62.0. The summed E-state index contributed by atoms with van der Waals surface area (Å²) in [6.07, 6.45) is 21.7. The van der Waals surface area contributed by atoms with E-state index in [-0.39, 0.29) is 5.75 Å². The maximum atomic E-state index is 12.3. The lowest BCUT2D eigenvalue weighted by atomic mass is 10.0. The van der Waals surface area contributed by atoms with Crippen LogP contribution >= 0.6 is 0 Å². The van der Waals surface area contributed by atoms with Gasteiger partial charge in [-0.25, -0.2) is 69.8 Å². The number of fused-ring (bicyclic) bond motifs is 9. The molecule has 0 saturated heterocycles. The number of aromatic nitrogens is 23. The molecule has 14 aromatic heterocycles. The Morgan fingerprint density at radius 2 is 0.905 bits per heavy atom. The SMILES string of the molecule is COc1ccc(C)c2c1OCN2C.COc1ncc(C)c2c1OCN2C.COc1ncc(C)c2c1ncn2C.Cc1ccc(C)c(C)c1.Cc1ccc(C)c(C)c1C.Cc1ccc(N)c2ncn(C)c12.Cc1ccc(OC(F)F)c(OCC2CC2)c1C.Cc1cnc(N)c2ncn(C)c12.Cc1cnc2c(c1)c(C)nn2C.Cc1cnc2c(cnn2C)c1C.Cc1nc(N)c2ncn(C)c2n1.Cc1nc2c(N)ncnc2n1C. The Morgan fingerprint density at radius 3 is 1.50 bits per heavy atom. The number of pyridine rings is 5. The molecule has 38 heteroatoms. The van der Waals surface area contributed by atoms with Crippen molar-refractivity contribution in [2.75, 3.05) is 88.2 Å². The first-order chi connectivity index (χ1) is 69.8. The maximum absolute atomic E-state index is 12.3. The molecule has 19 aromatic rings. The van der Waals surface area contributed by atoms with E-state index in [4.69, 9.17) is 51.4 Å². The molecule has 147 heavy (non-hydrogen) atoms. The van der Waals surface area contributed by atoms with Crippen molar-refractivity contribution in [3.8, 4) is 40.5 Å². The van der Waals surface area contributed by atoms with Gasteiger partial charge in [-0.3, -0.25) is 9.36 Å². The third-order valence-electron chi connectivity index (χ3n) is 25.5. The lowest BCUT2D eigenvalue weighted by Crippen LogP contribution is -2.15. The van der Waals surface area contributed by atoms with Gasteiger partial charge in [0.1, 0.15) is 34.5 Å². The topological polar surface area (TPSA) is 416 Å². The van der Waals surface area contributed by atoms with Gasteiger partial charge in [-0.2, -0.15) is 19.0 Å². The number of methoxy groups -OCH3 is 3. The predicted octanol–water partition coefficient (Wildman–Crippen LogP) is 19.5. The second-order valence-corrected chi connectivity index (χ2v) is 36.7. The Bertz CT molecular complexity index is 7630. The highest BCUT2D eigenvalue weighted by Crippen LogP contribution is 2.45. The number of benzene rings is 5. The van der Waals surface area contributed by atoms with E-state index in [1.165, 1.54) is 79.2 Å². The highest BCUT2D eigenvalue weighted by Gasteiger charge is 2.28. The second kappa shape index (κ2) is 49.2. The van der Waals surface area contributed by atoms with E-state index in [2.05, 4.69) is 202 Å². The average molecular weight is 2010 g/mol. The minimum atomic E-state index is -2.82. The fraction of sp³-hybridized carbons (Fsp3) is 0.358. The predicted molar refractivity (Wildman–Crippen MR) is 582 cm³/mol. The monoisotopic (exact) mass is 2000 g/mol. The third kappa shape index (κ3) is 26.8. The van der Waals surface area contributed by atoms with E-state index in [0.29, 0.717) is 77.8 Å². The molecule has 0 spiro atoms. The fourth-order valence-corrected chi connectivity index (χ4v) is 16.1. The molecule has 3 aliphatic rings. The smallest absolute Gasteiger partial charge is 0.387 e. The maximum Gasteiger partial charge on any atom is 0.387 e. The van der Waals surface area contributed by atoms with Crippen molar-refractivity contribution in [3.05, 3.63) is 254 Å². The van der Waals surface area contributed by atoms with E-state index in [1.54, 1.807) is 76.0 Å². The van der Waals surface area contributed by atoms with E-state index >= 15 is 0 Å². The molecule has 0 atom stereocenters. The van der Waals surface area contributed by atoms with E-state index < -0.39 is 6.61 Å². The van der Waals surface area contributed by atoms with Crippen molar-refractivity contribution in [1.82, 2.24) is 112 Å². The number of anilines is 6. The molecule has 1 aliphatic carbocycles. The number of imidazole rings is 5. The Morgan fingerprint density at radius 1 is 0.388 bits per heavy atom. The van der Waals surface area contributed by atoms with Gasteiger partial charge in [0, 0.05) is 105 Å². The van der Waals surface area contributed by atoms with Crippen LogP contribution in [0.5, 0.6) is 40.5 Å². The van der Waals surface area contributed by atoms with Gasteiger partial charge in [0.25, 0.3) is 5.88 Å². The van der Waals surface area contributed by atoms with Crippen molar-refractivity contribution >= 4 is 112 Å². The lowest BCUT2D eigenvalue weighted by molar-refractivity contribution is -0.0516. The first-order valence-electron chi connectivity index (χ1n) is 47.7. The van der Waals surface area contributed by atoms with Gasteiger partial charge >= 0.3 is 6.61 Å². The average Bonchev–Trinajstić information content (AvgIpc) is 1.66. The molecule has 0 radical (unpaired) electrons. The summed E-state index contributed by atoms with van der Waals surface area (Å²) in [5, 5.41) is 10.7. The summed E-state index contributed by atoms with van der Waals surface area (Å²) in [7, 11) is 22.3. The van der Waals surface area contributed by atoms with Gasteiger partial charge in [0.2, 0.25) is 11.6 Å². The Labute approximate surface area is 857 Å². The van der Waals surface area contributed by atoms with Crippen molar-refractivity contribution in [3.63, 3.8) is 0 Å². The summed E-state index contributed by atoms with van der Waals surface area (Å²) >= 11 is 0. The molecule has 0 unspecified atom stereocenters. The lowest BCUT2D eigenvalue weighted by Gasteiger charge is -2.15. The number of nitrogens with two attached hydrogens (primary N) is 4. The van der Waals surface area contributed by atoms with Crippen molar-refractivity contribution < 1.29 is 41.9 Å². The van der Waals surface area contributed by atoms with Crippen LogP contribution in [-0.4, -0.2) is 174 Å². The number of halogens is 2. The van der Waals surface area contributed by atoms with Gasteiger partial charge in [0.15, 0.2) is 87.5 Å². The van der Waals surface area contributed by atoms with Crippen LogP contribution in [0, 0.1) is 144 Å². The molecule has 1 fully saturated rings. The van der Waals surface area contributed by atoms with Crippen LogP contribution in [0.1, 0.15) is 125 Å². The van der Waals surface area contributed by atoms with Crippen LogP contribution in [0.4, 0.5) is 43.3 Å². The summed E-state index contributed by atoms with van der Waals surface area (Å²) in [6, 6.07) is 24.2. The van der Waals surface area contributed by atoms with Crippen molar-refractivity contribution in [1.29, 1.82) is 0 Å². The van der Waals surface area contributed by atoms with Crippen LogP contribution in [0.25, 0.3) is 77.5 Å². The van der Waals surface area contributed by atoms with Crippen LogP contribution in [-0.2, 0) is 49.3 Å². The van der Waals surface area contributed by atoms with Crippen LogP contribution in [0.3, 0.4) is 0 Å². The summed E-state index contributed by atoms with van der Waals surface area (Å²) < 4.78 is 74.2. The van der Waals surface area contributed by atoms with Crippen LogP contribution in [0.2, 0.25) is 0 Å². The van der Waals surface area contributed by atoms with Crippen LogP contribution in [0.15, 0.2) is 142 Å². The molecule has 0 amide bonds. The molecule has 36 nitrogen and oxygen atoms in total. The molecule has 22 rings (SSSR count). The quantitative estimate of drug-likeness (QED) is 0.103. The summed E-state index contributed by atoms with van der Waals surface area (Å²) in [5.74, 6) is 7.67. The van der Waals surface area contributed by atoms with Crippen molar-refractivity contribution in [2.45, 2.75) is 158 Å². The standard InChI is InChI=1S/C13H16F2O2.C10H13NO2.C10H14.C9H11N3O.3C9H11N3.C9H12N2O2.C9H12.C8H10N4.2C7H9N5/c1-8-3-6-11(17-13(14)15)12(9(8)2)16-7-10-4-5-10;1-7-4-5-8(12-3)10-9(7)11(2)6-13-10;1-7-5-6-8(2)10(4)9(7)3;1-6-4-10-9(13-3)7-8(6)12(2)5-11-7;1-6-4-10-9-8(7(6)2)5-11-12(9)3;1-6-4-8-7(2)11-12(3)9(8)10-5-6;1-6-3-4-7(10)8-9(6)12(2)5-11-8;1-6-4-10-9(12-3)8-7(6)11(2)5-13-8;1-7-4-5-8(2)9(3)6-7;1-5-3-10-8(9)6-7(5)12(2)4-11-6;1-4-11-5-6(8)9-3-10-7(5)12(4)2;1-4-10-6(8)5-7(11-4)12(2)3-9-5/h3,6,10,13H,4-5,7H2,1-2H3;4-5H,6H2,1-3H3;5-6H,1-4H3;4-5H,1-3H3;2*4-5H,1-3H3;3-5H,10H2,1-2H3;4H,5H2,1-3H3;4-6H,1-3H3;3-4H,1-2H3,(H2,9,10);3H,1-2H3,(H2,8,9,10);3H,1-2H3,(H2,8,10,11). The molecular weight excluding hydrogens is 1870 g/mol. The van der Waals surface area contributed by atoms with Crippen molar-refractivity contribution in [2.24, 2.45) is 55.3 Å². The minimum Gasteiger partial charge on any atom is -0.493 e. The largest absolute Gasteiger partial charge is 0.493 e. The van der Waals surface area contributed by atoms with Gasteiger partial charge in [-0.1, -0.05) is 54.1 Å².